The van der Waals surface area contributed by atoms with Gasteiger partial charge in [-0.2, -0.15) is 0 Å². The smallest absolute Gasteiger partial charge is 0.283 e. The van der Waals surface area contributed by atoms with Crippen molar-refractivity contribution in [3.8, 4) is 0 Å². The molecule has 1 heterocycles. The van der Waals surface area contributed by atoms with Crippen LogP contribution in [-0.2, 0) is 21.4 Å². The number of nitrogens with zero attached hydrogens (tertiary/aromatic N) is 1. The van der Waals surface area contributed by atoms with E-state index in [1.54, 1.807) is 0 Å². The molecule has 0 amide bonds. The van der Waals surface area contributed by atoms with Gasteiger partial charge in [-0.25, -0.2) is 4.99 Å². The molecule has 1 aromatic carbocycles. The summed E-state index contributed by atoms with van der Waals surface area (Å²) in [6, 6.07) is 6.97. The quantitative estimate of drug-likeness (QED) is 0.797. The fourth-order valence-electron chi connectivity index (χ4n) is 5.85. The van der Waals surface area contributed by atoms with E-state index in [0.717, 1.165) is 23.7 Å². The van der Waals surface area contributed by atoms with Gasteiger partial charge in [-0.05, 0) is 67.2 Å². The third-order valence-corrected chi connectivity index (χ3v) is 7.58. The normalized spacial score (nSPS) is 38.4. The highest BCUT2D eigenvalue weighted by molar-refractivity contribution is 9.10. The lowest BCUT2D eigenvalue weighted by Gasteiger charge is -2.49. The molecule has 4 nitrogen and oxygen atoms in total. The molecule has 0 saturated heterocycles. The van der Waals surface area contributed by atoms with Gasteiger partial charge >= 0.3 is 0 Å². The molecule has 3 spiro atoms. The van der Waals surface area contributed by atoms with Gasteiger partial charge in [0.1, 0.15) is 12.1 Å². The average molecular weight is 391 g/mol. The molecule has 5 heteroatoms. The molecule has 3 atom stereocenters. The number of hydrogen-bond donors (Lipinski definition) is 1. The van der Waals surface area contributed by atoms with Crippen molar-refractivity contribution < 1.29 is 9.47 Å². The summed E-state index contributed by atoms with van der Waals surface area (Å²) in [5.74, 6) is 0. The molecule has 0 bridgehead atoms. The zero-order valence-corrected chi connectivity index (χ0v) is 15.6. The molecular weight excluding hydrogens is 368 g/mol. The van der Waals surface area contributed by atoms with Crippen LogP contribution in [0.4, 0.5) is 0 Å². The predicted molar refractivity (Wildman–Crippen MR) is 95.8 cm³/mol. The van der Waals surface area contributed by atoms with Crippen LogP contribution >= 0.6 is 15.9 Å². The fourth-order valence-corrected chi connectivity index (χ4v) is 6.21. The van der Waals surface area contributed by atoms with E-state index in [4.69, 9.17) is 20.2 Å². The summed E-state index contributed by atoms with van der Waals surface area (Å²) in [6.07, 6.45) is 7.45. The largest absolute Gasteiger partial charge is 0.462 e. The number of aliphatic imine (C=N–C) groups is 1. The van der Waals surface area contributed by atoms with E-state index in [0.29, 0.717) is 24.1 Å². The van der Waals surface area contributed by atoms with Crippen LogP contribution in [-0.4, -0.2) is 25.8 Å². The van der Waals surface area contributed by atoms with E-state index in [-0.39, 0.29) is 11.0 Å². The second-order valence-corrected chi connectivity index (χ2v) is 9.08. The first kappa shape index (κ1) is 15.2. The Morgan fingerprint density at radius 1 is 1.33 bits per heavy atom. The topological polar surface area (TPSA) is 56.8 Å². The minimum Gasteiger partial charge on any atom is -0.462 e. The van der Waals surface area contributed by atoms with Gasteiger partial charge in [0, 0.05) is 17.0 Å². The zero-order chi connectivity index (χ0) is 16.6. The second-order valence-electron chi connectivity index (χ2n) is 8.16. The lowest BCUT2D eigenvalue weighted by atomic mass is 9.58. The molecule has 0 aromatic heterocycles. The van der Waals surface area contributed by atoms with Crippen molar-refractivity contribution in [3.05, 3.63) is 33.8 Å². The summed E-state index contributed by atoms with van der Waals surface area (Å²) in [5, 5.41) is 0. The van der Waals surface area contributed by atoms with Crippen molar-refractivity contribution in [2.75, 3.05) is 13.7 Å². The lowest BCUT2D eigenvalue weighted by Crippen LogP contribution is -2.50. The molecule has 24 heavy (non-hydrogen) atoms. The van der Waals surface area contributed by atoms with Crippen molar-refractivity contribution in [1.82, 2.24) is 0 Å². The van der Waals surface area contributed by atoms with Gasteiger partial charge in [-0.15, -0.1) is 0 Å². The summed E-state index contributed by atoms with van der Waals surface area (Å²) >= 11 is 3.64. The Kier molecular flexibility index (Phi) is 3.02. The van der Waals surface area contributed by atoms with Crippen molar-refractivity contribution in [1.29, 1.82) is 0 Å². The highest BCUT2D eigenvalue weighted by atomic mass is 79.9. The maximum absolute atomic E-state index is 6.00. The van der Waals surface area contributed by atoms with Gasteiger partial charge in [0.15, 0.2) is 0 Å². The van der Waals surface area contributed by atoms with E-state index in [1.807, 2.05) is 7.11 Å². The number of nitrogens with two attached hydrogens (primary N) is 1. The van der Waals surface area contributed by atoms with Gasteiger partial charge in [0.25, 0.3) is 6.02 Å². The van der Waals surface area contributed by atoms with Crippen molar-refractivity contribution in [2.24, 2.45) is 21.6 Å². The van der Waals surface area contributed by atoms with E-state index >= 15 is 0 Å². The molecule has 1 aromatic rings. The molecule has 0 radical (unpaired) electrons. The van der Waals surface area contributed by atoms with E-state index in [9.17, 15) is 0 Å². The molecule has 2 saturated carbocycles. The van der Waals surface area contributed by atoms with Crippen LogP contribution in [0.2, 0.25) is 0 Å². The van der Waals surface area contributed by atoms with Crippen molar-refractivity contribution in [3.63, 3.8) is 0 Å². The Morgan fingerprint density at radius 2 is 2.17 bits per heavy atom. The minimum absolute atomic E-state index is 0.114. The van der Waals surface area contributed by atoms with Crippen LogP contribution in [0, 0.1) is 10.8 Å². The highest BCUT2D eigenvalue weighted by Gasteiger charge is 2.67. The van der Waals surface area contributed by atoms with Gasteiger partial charge in [-0.3, -0.25) is 0 Å². The summed E-state index contributed by atoms with van der Waals surface area (Å²) in [4.78, 5) is 4.93. The molecular formula is C19H23BrN2O2. The predicted octanol–water partition coefficient (Wildman–Crippen LogP) is 3.51. The number of rotatable bonds is 1. The number of ether oxygens (including phenoxy) is 2. The summed E-state index contributed by atoms with van der Waals surface area (Å²) in [6.45, 7) is 0.579. The van der Waals surface area contributed by atoms with Gasteiger partial charge < -0.3 is 15.2 Å². The second kappa shape index (κ2) is 4.76. The van der Waals surface area contributed by atoms with Crippen LogP contribution in [0.5, 0.6) is 0 Å². The standard InChI is InChI=1S/C19H23BrN2O2/c1-23-15-4-5-18(10-17(15)6-7-17)9-12-2-3-13(20)8-14(12)19(18)11-24-16(21)22-19/h2-3,8,15H,4-7,9-11H2,1H3,(H2,21,22)/t15-,18+,19?/m1/s1. The third-order valence-electron chi connectivity index (χ3n) is 7.09. The van der Waals surface area contributed by atoms with Crippen molar-refractivity contribution in [2.45, 2.75) is 50.2 Å². The maximum Gasteiger partial charge on any atom is 0.283 e. The van der Waals surface area contributed by atoms with E-state index in [2.05, 4.69) is 34.1 Å². The van der Waals surface area contributed by atoms with Crippen LogP contribution in [0.3, 0.4) is 0 Å². The van der Waals surface area contributed by atoms with Crippen LogP contribution < -0.4 is 5.73 Å². The molecule has 2 fully saturated rings. The number of methoxy groups -OCH3 is 1. The Labute approximate surface area is 150 Å². The number of hydrogen-bond acceptors (Lipinski definition) is 4. The van der Waals surface area contributed by atoms with Crippen molar-refractivity contribution >= 4 is 22.0 Å². The Bertz CT molecular complexity index is 745. The monoisotopic (exact) mass is 390 g/mol. The minimum atomic E-state index is -0.315. The average Bonchev–Trinajstić information content (AvgIpc) is 3.12. The van der Waals surface area contributed by atoms with Gasteiger partial charge in [-0.1, -0.05) is 22.0 Å². The van der Waals surface area contributed by atoms with Crippen LogP contribution in [0.25, 0.3) is 0 Å². The number of fused-ring (bicyclic) bond motifs is 3. The van der Waals surface area contributed by atoms with E-state index < -0.39 is 0 Å². The molecule has 4 aliphatic rings. The number of halogens is 1. The molecule has 2 N–H and O–H groups in total. The molecule has 128 valence electrons. The molecule has 5 rings (SSSR count). The maximum atomic E-state index is 6.00. The van der Waals surface area contributed by atoms with Crippen LogP contribution in [0.1, 0.15) is 43.2 Å². The third kappa shape index (κ3) is 1.80. The molecule has 3 aliphatic carbocycles. The number of amidine groups is 1. The van der Waals surface area contributed by atoms with Crippen LogP contribution in [0.15, 0.2) is 27.7 Å². The lowest BCUT2D eigenvalue weighted by molar-refractivity contribution is -0.0622. The van der Waals surface area contributed by atoms with Gasteiger partial charge in [0.05, 0.1) is 6.10 Å². The Morgan fingerprint density at radius 3 is 2.83 bits per heavy atom. The van der Waals surface area contributed by atoms with E-state index in [1.165, 1.54) is 30.4 Å². The molecule has 1 unspecified atom stereocenters. The number of benzene rings is 1. The fraction of sp³-hybridized carbons (Fsp3) is 0.632. The molecule has 1 aliphatic heterocycles. The SMILES string of the molecule is CO[C@@H]1CC[C@]2(Cc3ccc(Br)cc3C23COC(N)=N3)CC12CC2. The summed E-state index contributed by atoms with van der Waals surface area (Å²) in [5.41, 5.74) is 8.87. The first-order chi connectivity index (χ1) is 11.5. The Hall–Kier alpha value is -1.07. The zero-order valence-electron chi connectivity index (χ0n) is 14.0. The summed E-state index contributed by atoms with van der Waals surface area (Å²) in [7, 11) is 1.87. The first-order valence-electron chi connectivity index (χ1n) is 8.83. The van der Waals surface area contributed by atoms with Gasteiger partial charge in [0.2, 0.25) is 0 Å². The first-order valence-corrected chi connectivity index (χ1v) is 9.62. The summed E-state index contributed by atoms with van der Waals surface area (Å²) < 4.78 is 12.7. The Balaban J connectivity index is 1.65. The highest BCUT2D eigenvalue weighted by Crippen LogP contribution is 2.70.